The summed E-state index contributed by atoms with van der Waals surface area (Å²) in [7, 11) is 0. The molecule has 1 aliphatic rings. The molecule has 0 fully saturated rings. The van der Waals surface area contributed by atoms with Gasteiger partial charge >= 0.3 is 17.9 Å². The molecule has 13 nitrogen and oxygen atoms in total. The van der Waals surface area contributed by atoms with E-state index in [1.54, 1.807) is 20.8 Å². The highest BCUT2D eigenvalue weighted by Crippen LogP contribution is 2.31. The van der Waals surface area contributed by atoms with Crippen LogP contribution in [-0.2, 0) is 32.1 Å². The molecule has 2 heterocycles. The fourth-order valence-electron chi connectivity index (χ4n) is 3.42. The molecule has 206 valence electrons. The minimum absolute atomic E-state index is 0.0136. The number of aliphatic hydroxyl groups excluding tert-OH is 1. The van der Waals surface area contributed by atoms with E-state index in [-0.39, 0.29) is 35.0 Å². The lowest BCUT2D eigenvalue weighted by Crippen LogP contribution is -2.44. The Bertz CT molecular complexity index is 1210. The number of fused-ring (bicyclic) bond motifs is 1. The Labute approximate surface area is 221 Å². The molecule has 0 aliphatic carbocycles. The van der Waals surface area contributed by atoms with Crippen LogP contribution in [0.2, 0.25) is 0 Å². The molecule has 0 bridgehead atoms. The summed E-state index contributed by atoms with van der Waals surface area (Å²) in [5.41, 5.74) is 0.283. The van der Waals surface area contributed by atoms with Crippen LogP contribution >= 0.6 is 11.3 Å². The lowest BCUT2D eigenvalue weighted by Gasteiger charge is -2.26. The molecular formula is C24H29N3O10S. The summed E-state index contributed by atoms with van der Waals surface area (Å²) in [6.45, 7) is 4.13. The van der Waals surface area contributed by atoms with E-state index in [1.807, 2.05) is 0 Å². The van der Waals surface area contributed by atoms with Gasteiger partial charge in [-0.25, -0.2) is 14.6 Å². The van der Waals surface area contributed by atoms with Crippen LogP contribution in [0.15, 0.2) is 18.2 Å². The third-order valence-corrected chi connectivity index (χ3v) is 6.18. The lowest BCUT2D eigenvalue weighted by atomic mass is 10.1. The number of aliphatic carboxylic acids is 2. The zero-order valence-electron chi connectivity index (χ0n) is 21.0. The van der Waals surface area contributed by atoms with Gasteiger partial charge in [-0.3, -0.25) is 14.9 Å². The summed E-state index contributed by atoms with van der Waals surface area (Å²) in [6, 6.07) is 3.51. The summed E-state index contributed by atoms with van der Waals surface area (Å²) in [6.07, 6.45) is -0.918. The number of ether oxygens (including phenoxy) is 3. The summed E-state index contributed by atoms with van der Waals surface area (Å²) < 4.78 is 15.7. The van der Waals surface area contributed by atoms with Gasteiger partial charge in [0, 0.05) is 24.4 Å². The third-order valence-electron chi connectivity index (χ3n) is 5.08. The standard InChI is InChI=1S/C24H29N3O10S/c1-24(2,3)37-23(34)14-7-13-18(9-25-14)38-22(27-13)21(33)26-8-15(28)12-4-5-16(35-10-19(29)30)17(6-12)36-11-20(31)32/h4-6,14-15,25,28H,7-11H2,1-3H3,(H,26,33)(H,29,30)(H,31,32). The van der Waals surface area contributed by atoms with Gasteiger partial charge in [-0.2, -0.15) is 0 Å². The second-order valence-corrected chi connectivity index (χ2v) is 10.4. The van der Waals surface area contributed by atoms with Crippen LogP contribution in [0.1, 0.15) is 52.8 Å². The van der Waals surface area contributed by atoms with E-state index < -0.39 is 54.8 Å². The molecular weight excluding hydrogens is 522 g/mol. The zero-order chi connectivity index (χ0) is 28.0. The van der Waals surface area contributed by atoms with Gasteiger partial charge in [0.2, 0.25) is 0 Å². The molecule has 1 aliphatic heterocycles. The summed E-state index contributed by atoms with van der Waals surface area (Å²) in [5.74, 6) is -3.49. The first-order valence-corrected chi connectivity index (χ1v) is 12.4. The largest absolute Gasteiger partial charge is 0.479 e. The Morgan fingerprint density at radius 3 is 2.42 bits per heavy atom. The Hall–Kier alpha value is -3.75. The van der Waals surface area contributed by atoms with Gasteiger partial charge in [0.25, 0.3) is 5.91 Å². The van der Waals surface area contributed by atoms with E-state index in [1.165, 1.54) is 29.5 Å². The predicted octanol–water partition coefficient (Wildman–Crippen LogP) is 0.889. The van der Waals surface area contributed by atoms with Crippen molar-refractivity contribution in [2.24, 2.45) is 0 Å². The first-order chi connectivity index (χ1) is 17.8. The van der Waals surface area contributed by atoms with Gasteiger partial charge in [0.15, 0.2) is 29.7 Å². The number of benzene rings is 1. The van der Waals surface area contributed by atoms with Crippen molar-refractivity contribution >= 4 is 35.2 Å². The summed E-state index contributed by atoms with van der Waals surface area (Å²) >= 11 is 1.18. The number of nitrogens with zero attached hydrogens (tertiary/aromatic N) is 1. The molecule has 0 spiro atoms. The highest BCUT2D eigenvalue weighted by atomic mass is 32.1. The van der Waals surface area contributed by atoms with Crippen molar-refractivity contribution in [1.82, 2.24) is 15.6 Å². The number of aromatic nitrogens is 1. The average molecular weight is 552 g/mol. The van der Waals surface area contributed by atoms with Gasteiger partial charge in [-0.1, -0.05) is 6.07 Å². The maximum absolute atomic E-state index is 12.7. The van der Waals surface area contributed by atoms with Crippen LogP contribution in [-0.4, -0.2) is 75.5 Å². The topological polar surface area (TPSA) is 194 Å². The highest BCUT2D eigenvalue weighted by molar-refractivity contribution is 7.13. The van der Waals surface area contributed by atoms with E-state index in [0.29, 0.717) is 12.2 Å². The minimum atomic E-state index is -1.26. The fourth-order valence-corrected chi connectivity index (χ4v) is 4.38. The molecule has 5 N–H and O–H groups in total. The lowest BCUT2D eigenvalue weighted by molar-refractivity contribution is -0.157. The maximum atomic E-state index is 12.7. The van der Waals surface area contributed by atoms with E-state index in [9.17, 15) is 24.3 Å². The number of thiazole rings is 1. The number of carbonyl (C=O) groups is 4. The molecule has 2 atom stereocenters. The SMILES string of the molecule is CC(C)(C)OC(=O)C1Cc2nc(C(=O)NCC(O)c3ccc(OCC(=O)O)c(OCC(=O)O)c3)sc2CN1. The van der Waals surface area contributed by atoms with Gasteiger partial charge in [-0.05, 0) is 38.5 Å². The number of carbonyl (C=O) groups excluding carboxylic acids is 2. The number of esters is 1. The normalized spacial score (nSPS) is 15.6. The molecule has 1 amide bonds. The van der Waals surface area contributed by atoms with E-state index in [0.717, 1.165) is 4.88 Å². The second-order valence-electron chi connectivity index (χ2n) is 9.36. The first-order valence-electron chi connectivity index (χ1n) is 11.6. The Morgan fingerprint density at radius 1 is 1.13 bits per heavy atom. The average Bonchev–Trinajstić information content (AvgIpc) is 3.27. The molecule has 38 heavy (non-hydrogen) atoms. The Kier molecular flexibility index (Phi) is 9.25. The van der Waals surface area contributed by atoms with Crippen molar-refractivity contribution in [3.8, 4) is 11.5 Å². The maximum Gasteiger partial charge on any atom is 0.341 e. The van der Waals surface area contributed by atoms with Crippen LogP contribution in [0.25, 0.3) is 0 Å². The van der Waals surface area contributed by atoms with Crippen molar-refractivity contribution < 1.29 is 48.7 Å². The summed E-state index contributed by atoms with van der Waals surface area (Å²) in [5, 5.41) is 34.1. The van der Waals surface area contributed by atoms with E-state index in [4.69, 9.17) is 24.4 Å². The van der Waals surface area contributed by atoms with Crippen LogP contribution in [0.3, 0.4) is 0 Å². The van der Waals surface area contributed by atoms with Crippen molar-refractivity contribution in [3.05, 3.63) is 39.3 Å². The number of hydrogen-bond donors (Lipinski definition) is 5. The first kappa shape index (κ1) is 28.8. The smallest absolute Gasteiger partial charge is 0.341 e. The number of nitrogens with one attached hydrogen (secondary N) is 2. The molecule has 0 saturated heterocycles. The van der Waals surface area contributed by atoms with E-state index >= 15 is 0 Å². The van der Waals surface area contributed by atoms with Gasteiger partial charge in [-0.15, -0.1) is 11.3 Å². The number of aliphatic hydroxyl groups is 1. The molecule has 0 radical (unpaired) electrons. The number of rotatable bonds is 11. The predicted molar refractivity (Wildman–Crippen MR) is 132 cm³/mol. The third kappa shape index (κ3) is 8.13. The molecule has 1 aromatic heterocycles. The second kappa shape index (κ2) is 12.2. The number of carboxylic acids is 2. The van der Waals surface area contributed by atoms with Crippen molar-refractivity contribution in [3.63, 3.8) is 0 Å². The minimum Gasteiger partial charge on any atom is -0.479 e. The quantitative estimate of drug-likeness (QED) is 0.248. The molecule has 3 rings (SSSR count). The van der Waals surface area contributed by atoms with Gasteiger partial charge < -0.3 is 34.8 Å². The molecule has 2 unspecified atom stereocenters. The zero-order valence-corrected chi connectivity index (χ0v) is 21.8. The molecule has 14 heteroatoms. The highest BCUT2D eigenvalue weighted by Gasteiger charge is 2.31. The Morgan fingerprint density at radius 2 is 1.79 bits per heavy atom. The number of hydrogen-bond acceptors (Lipinski definition) is 11. The monoisotopic (exact) mass is 551 g/mol. The van der Waals surface area contributed by atoms with Crippen molar-refractivity contribution in [2.45, 2.75) is 51.5 Å². The van der Waals surface area contributed by atoms with Crippen molar-refractivity contribution in [2.75, 3.05) is 19.8 Å². The summed E-state index contributed by atoms with van der Waals surface area (Å²) in [4.78, 5) is 51.9. The number of amides is 1. The van der Waals surface area contributed by atoms with Crippen LogP contribution in [0, 0.1) is 0 Å². The van der Waals surface area contributed by atoms with Crippen molar-refractivity contribution in [1.29, 1.82) is 0 Å². The fraction of sp³-hybridized carbons (Fsp3) is 0.458. The molecule has 1 aromatic carbocycles. The Balaban J connectivity index is 1.62. The van der Waals surface area contributed by atoms with Crippen LogP contribution < -0.4 is 20.1 Å². The van der Waals surface area contributed by atoms with E-state index in [2.05, 4.69) is 15.6 Å². The number of carboxylic acid groups (broad SMARTS) is 2. The van der Waals surface area contributed by atoms with Gasteiger partial charge in [0.05, 0.1) is 11.8 Å². The van der Waals surface area contributed by atoms with Crippen LogP contribution in [0.4, 0.5) is 0 Å². The molecule has 2 aromatic rings. The molecule has 0 saturated carbocycles. The van der Waals surface area contributed by atoms with Crippen LogP contribution in [0.5, 0.6) is 11.5 Å². The van der Waals surface area contributed by atoms with Gasteiger partial charge in [0.1, 0.15) is 11.6 Å².